The van der Waals surface area contributed by atoms with Crippen LogP contribution in [-0.4, -0.2) is 69.4 Å². The molecule has 0 saturated carbocycles. The van der Waals surface area contributed by atoms with Crippen LogP contribution in [0.1, 0.15) is 18.4 Å². The third kappa shape index (κ3) is 4.44. The SMILES string of the molecule is COc1ccc(C)c(S(=O)(=O)N2CCCC2C(=O)N2CCN(c3cccc(Cl)c3)CC2)c1. The number of carbonyl (C=O) groups excluding carboxylic acids is 1. The Kier molecular flexibility index (Phi) is 6.65. The third-order valence-electron chi connectivity index (χ3n) is 6.24. The average molecular weight is 478 g/mol. The van der Waals surface area contributed by atoms with Crippen molar-refractivity contribution in [1.82, 2.24) is 9.21 Å². The molecule has 2 aliphatic heterocycles. The third-order valence-corrected chi connectivity index (χ3v) is 8.52. The molecule has 2 aliphatic rings. The van der Waals surface area contributed by atoms with Gasteiger partial charge in [0.2, 0.25) is 15.9 Å². The Morgan fingerprint density at radius 3 is 2.50 bits per heavy atom. The summed E-state index contributed by atoms with van der Waals surface area (Å²) in [6, 6.07) is 12.0. The van der Waals surface area contributed by atoms with E-state index in [1.165, 1.54) is 17.5 Å². The Bertz CT molecular complexity index is 1100. The van der Waals surface area contributed by atoms with Gasteiger partial charge in [0.25, 0.3) is 0 Å². The predicted octanol–water partition coefficient (Wildman–Crippen LogP) is 3.16. The van der Waals surface area contributed by atoms with Crippen LogP contribution in [0.3, 0.4) is 0 Å². The number of amides is 1. The zero-order valence-electron chi connectivity index (χ0n) is 18.3. The first-order valence-corrected chi connectivity index (χ1v) is 12.6. The Morgan fingerprint density at radius 1 is 1.06 bits per heavy atom. The molecular weight excluding hydrogens is 450 g/mol. The van der Waals surface area contributed by atoms with Crippen LogP contribution in [-0.2, 0) is 14.8 Å². The predicted molar refractivity (Wildman–Crippen MR) is 125 cm³/mol. The molecule has 0 radical (unpaired) electrons. The van der Waals surface area contributed by atoms with Gasteiger partial charge in [-0.3, -0.25) is 4.79 Å². The lowest BCUT2D eigenvalue weighted by molar-refractivity contribution is -0.134. The fourth-order valence-corrected chi connectivity index (χ4v) is 6.53. The number of rotatable bonds is 5. The van der Waals surface area contributed by atoms with Gasteiger partial charge in [-0.2, -0.15) is 4.31 Å². The van der Waals surface area contributed by atoms with E-state index in [-0.39, 0.29) is 10.8 Å². The molecule has 9 heteroatoms. The van der Waals surface area contributed by atoms with Gasteiger partial charge in [-0.15, -0.1) is 0 Å². The number of anilines is 1. The second-order valence-corrected chi connectivity index (χ2v) is 10.5. The summed E-state index contributed by atoms with van der Waals surface area (Å²) in [6.45, 7) is 4.56. The molecule has 2 saturated heterocycles. The molecule has 2 fully saturated rings. The number of aryl methyl sites for hydroxylation is 1. The molecule has 2 aromatic rings. The minimum absolute atomic E-state index is 0.114. The minimum Gasteiger partial charge on any atom is -0.497 e. The van der Waals surface area contributed by atoms with Crippen molar-refractivity contribution in [2.24, 2.45) is 0 Å². The van der Waals surface area contributed by atoms with Crippen LogP contribution in [0.2, 0.25) is 5.02 Å². The second kappa shape index (κ2) is 9.29. The molecule has 2 heterocycles. The molecular formula is C23H28ClN3O4S. The number of ether oxygens (including phenoxy) is 1. The van der Waals surface area contributed by atoms with Crippen molar-refractivity contribution in [1.29, 1.82) is 0 Å². The zero-order chi connectivity index (χ0) is 22.9. The summed E-state index contributed by atoms with van der Waals surface area (Å²) in [5.41, 5.74) is 1.67. The lowest BCUT2D eigenvalue weighted by atomic mass is 10.1. The maximum Gasteiger partial charge on any atom is 0.244 e. The molecule has 1 atom stereocenters. The van der Waals surface area contributed by atoms with Gasteiger partial charge in [-0.05, 0) is 49.6 Å². The molecule has 0 spiro atoms. The number of carbonyl (C=O) groups is 1. The monoisotopic (exact) mass is 477 g/mol. The fourth-order valence-electron chi connectivity index (χ4n) is 4.45. The zero-order valence-corrected chi connectivity index (χ0v) is 19.9. The smallest absolute Gasteiger partial charge is 0.244 e. The van der Waals surface area contributed by atoms with Crippen molar-refractivity contribution in [3.63, 3.8) is 0 Å². The molecule has 1 unspecified atom stereocenters. The molecule has 1 amide bonds. The van der Waals surface area contributed by atoms with Gasteiger partial charge >= 0.3 is 0 Å². The van der Waals surface area contributed by atoms with Crippen LogP contribution in [0, 0.1) is 6.92 Å². The van der Waals surface area contributed by atoms with Crippen LogP contribution in [0.4, 0.5) is 5.69 Å². The van der Waals surface area contributed by atoms with Gasteiger partial charge in [-0.25, -0.2) is 8.42 Å². The van der Waals surface area contributed by atoms with Gasteiger partial charge in [0.15, 0.2) is 0 Å². The molecule has 0 bridgehead atoms. The van der Waals surface area contributed by atoms with E-state index >= 15 is 0 Å². The number of piperazine rings is 1. The standard InChI is InChI=1S/C23H28ClN3O4S/c1-17-8-9-20(31-2)16-22(17)32(29,30)27-10-4-7-21(27)23(28)26-13-11-25(12-14-26)19-6-3-5-18(24)15-19/h3,5-6,8-9,15-16,21H,4,7,10-14H2,1-2H3. The van der Waals surface area contributed by atoms with E-state index in [1.54, 1.807) is 24.0 Å². The van der Waals surface area contributed by atoms with E-state index in [9.17, 15) is 13.2 Å². The van der Waals surface area contributed by atoms with Crippen molar-refractivity contribution in [3.05, 3.63) is 53.1 Å². The molecule has 0 N–H and O–H groups in total. The molecule has 4 rings (SSSR count). The number of sulfonamides is 1. The Hall–Kier alpha value is -2.29. The van der Waals surface area contributed by atoms with Gasteiger partial charge in [0, 0.05) is 49.5 Å². The number of hydrogen-bond acceptors (Lipinski definition) is 5. The lowest BCUT2D eigenvalue weighted by Gasteiger charge is -2.38. The summed E-state index contributed by atoms with van der Waals surface area (Å²) in [5, 5.41) is 0.681. The van der Waals surface area contributed by atoms with Gasteiger partial charge < -0.3 is 14.5 Å². The first kappa shape index (κ1) is 22.9. The van der Waals surface area contributed by atoms with Gasteiger partial charge in [-0.1, -0.05) is 23.7 Å². The van der Waals surface area contributed by atoms with E-state index in [1.807, 2.05) is 24.3 Å². The first-order chi connectivity index (χ1) is 15.3. The second-order valence-electron chi connectivity index (χ2n) is 8.20. The fraction of sp³-hybridized carbons (Fsp3) is 0.435. The van der Waals surface area contributed by atoms with Crippen molar-refractivity contribution in [3.8, 4) is 5.75 Å². The van der Waals surface area contributed by atoms with E-state index in [0.717, 1.165) is 5.69 Å². The number of methoxy groups -OCH3 is 1. The van der Waals surface area contributed by atoms with E-state index < -0.39 is 16.1 Å². The highest BCUT2D eigenvalue weighted by Crippen LogP contribution is 2.31. The van der Waals surface area contributed by atoms with Crippen LogP contribution < -0.4 is 9.64 Å². The molecule has 7 nitrogen and oxygen atoms in total. The number of benzene rings is 2. The van der Waals surface area contributed by atoms with Crippen LogP contribution >= 0.6 is 11.6 Å². The highest BCUT2D eigenvalue weighted by molar-refractivity contribution is 7.89. The topological polar surface area (TPSA) is 70.2 Å². The summed E-state index contributed by atoms with van der Waals surface area (Å²) < 4.78 is 33.5. The van der Waals surface area contributed by atoms with Gasteiger partial charge in [0.1, 0.15) is 11.8 Å². The summed E-state index contributed by atoms with van der Waals surface area (Å²) in [5.74, 6) is 0.366. The Balaban J connectivity index is 1.48. The Labute approximate surface area is 194 Å². The van der Waals surface area contributed by atoms with Crippen molar-refractivity contribution < 1.29 is 17.9 Å². The van der Waals surface area contributed by atoms with Crippen molar-refractivity contribution >= 4 is 33.2 Å². The number of nitrogens with zero attached hydrogens (tertiary/aromatic N) is 3. The van der Waals surface area contributed by atoms with Crippen LogP contribution in [0.15, 0.2) is 47.4 Å². The number of hydrogen-bond donors (Lipinski definition) is 0. The quantitative estimate of drug-likeness (QED) is 0.661. The first-order valence-electron chi connectivity index (χ1n) is 10.8. The van der Waals surface area contributed by atoms with Crippen LogP contribution in [0.5, 0.6) is 5.75 Å². The Morgan fingerprint density at radius 2 is 1.81 bits per heavy atom. The number of halogens is 1. The maximum absolute atomic E-state index is 13.5. The molecule has 0 aromatic heterocycles. The molecule has 172 valence electrons. The normalized spacial score (nSPS) is 19.9. The summed E-state index contributed by atoms with van der Waals surface area (Å²) >= 11 is 6.11. The summed E-state index contributed by atoms with van der Waals surface area (Å²) in [4.78, 5) is 17.5. The molecule has 32 heavy (non-hydrogen) atoms. The van der Waals surface area contributed by atoms with Gasteiger partial charge in [0.05, 0.1) is 12.0 Å². The maximum atomic E-state index is 13.5. The highest BCUT2D eigenvalue weighted by atomic mass is 35.5. The largest absolute Gasteiger partial charge is 0.497 e. The highest BCUT2D eigenvalue weighted by Gasteiger charge is 2.42. The van der Waals surface area contributed by atoms with E-state index in [2.05, 4.69) is 4.90 Å². The summed E-state index contributed by atoms with van der Waals surface area (Å²) in [6.07, 6.45) is 1.21. The molecule has 0 aliphatic carbocycles. The average Bonchev–Trinajstić information content (AvgIpc) is 3.30. The van der Waals surface area contributed by atoms with E-state index in [4.69, 9.17) is 16.3 Å². The lowest BCUT2D eigenvalue weighted by Crippen LogP contribution is -2.54. The van der Waals surface area contributed by atoms with Crippen molar-refractivity contribution in [2.75, 3.05) is 44.7 Å². The molecule has 2 aromatic carbocycles. The summed E-state index contributed by atoms with van der Waals surface area (Å²) in [7, 11) is -2.31. The van der Waals surface area contributed by atoms with Crippen molar-refractivity contribution in [2.45, 2.75) is 30.7 Å². The minimum atomic E-state index is -3.81. The van der Waals surface area contributed by atoms with E-state index in [0.29, 0.717) is 61.9 Å². The van der Waals surface area contributed by atoms with Crippen LogP contribution in [0.25, 0.3) is 0 Å².